The van der Waals surface area contributed by atoms with Crippen molar-refractivity contribution < 1.29 is 27.5 Å². The monoisotopic (exact) mass is 524 g/mol. The lowest BCUT2D eigenvalue weighted by atomic mass is 10.0. The number of carbonyl (C=O) groups is 2. The van der Waals surface area contributed by atoms with Crippen molar-refractivity contribution in [2.75, 3.05) is 13.7 Å². The van der Waals surface area contributed by atoms with E-state index in [-0.39, 0.29) is 29.7 Å². The van der Waals surface area contributed by atoms with Crippen LogP contribution in [0.5, 0.6) is 5.88 Å². The van der Waals surface area contributed by atoms with Gasteiger partial charge in [0.25, 0.3) is 0 Å². The molecule has 7 nitrogen and oxygen atoms in total. The number of carbonyl (C=O) groups excluding carboxylic acids is 2. The Morgan fingerprint density at radius 2 is 1.97 bits per heavy atom. The normalized spacial score (nSPS) is 16.9. The summed E-state index contributed by atoms with van der Waals surface area (Å²) in [6.07, 6.45) is 4.98. The van der Waals surface area contributed by atoms with Crippen LogP contribution in [0.2, 0.25) is 0 Å². The molecule has 11 heteroatoms. The molecule has 36 heavy (non-hydrogen) atoms. The standard InChI is InChI=1S/C25H31F3N4O3S/c1-3-6-21(24(33)30-14-16-8-9-23(35-2)29-13-16)31-25(34)22-7-4-5-10-32(22)36-15-18-19(27)11-17(26)12-20(18)28/h8-9,11-13,21-22H,3-7,10,14-15H2,1-2H3,(H,30,33)(H,31,34). The van der Waals surface area contributed by atoms with E-state index in [4.69, 9.17) is 4.74 Å². The summed E-state index contributed by atoms with van der Waals surface area (Å²) >= 11 is 1.13. The van der Waals surface area contributed by atoms with Crippen molar-refractivity contribution >= 4 is 23.8 Å². The molecule has 2 amide bonds. The highest BCUT2D eigenvalue weighted by molar-refractivity contribution is 7.96. The highest BCUT2D eigenvalue weighted by Gasteiger charge is 2.32. The van der Waals surface area contributed by atoms with Gasteiger partial charge in [-0.05, 0) is 24.8 Å². The molecule has 0 radical (unpaired) electrons. The molecular formula is C25H31F3N4O3S. The molecule has 0 aliphatic carbocycles. The van der Waals surface area contributed by atoms with Crippen LogP contribution in [0.3, 0.4) is 0 Å². The molecule has 196 valence electrons. The van der Waals surface area contributed by atoms with Gasteiger partial charge in [0.15, 0.2) is 0 Å². The van der Waals surface area contributed by atoms with Crippen LogP contribution in [0.4, 0.5) is 13.2 Å². The van der Waals surface area contributed by atoms with Gasteiger partial charge in [0, 0.05) is 48.8 Å². The van der Waals surface area contributed by atoms with Gasteiger partial charge in [-0.25, -0.2) is 22.5 Å². The van der Waals surface area contributed by atoms with E-state index < -0.39 is 29.5 Å². The molecular weight excluding hydrogens is 493 g/mol. The number of ether oxygens (including phenoxy) is 1. The Labute approximate surface area is 213 Å². The van der Waals surface area contributed by atoms with E-state index in [2.05, 4.69) is 15.6 Å². The minimum Gasteiger partial charge on any atom is -0.481 e. The minimum atomic E-state index is -0.975. The van der Waals surface area contributed by atoms with E-state index in [1.54, 1.807) is 22.6 Å². The van der Waals surface area contributed by atoms with E-state index in [0.29, 0.717) is 43.8 Å². The molecule has 1 saturated heterocycles. The van der Waals surface area contributed by atoms with Gasteiger partial charge in [-0.2, -0.15) is 0 Å². The van der Waals surface area contributed by atoms with Crippen LogP contribution in [-0.2, 0) is 21.9 Å². The van der Waals surface area contributed by atoms with E-state index in [1.807, 2.05) is 6.92 Å². The third kappa shape index (κ3) is 7.60. The largest absolute Gasteiger partial charge is 0.481 e. The zero-order chi connectivity index (χ0) is 26.1. The first-order valence-electron chi connectivity index (χ1n) is 11.9. The second-order valence-corrected chi connectivity index (χ2v) is 9.57. The second-order valence-electron chi connectivity index (χ2n) is 8.55. The van der Waals surface area contributed by atoms with Crippen LogP contribution in [0.15, 0.2) is 30.5 Å². The van der Waals surface area contributed by atoms with Crippen molar-refractivity contribution in [3.63, 3.8) is 0 Å². The lowest BCUT2D eigenvalue weighted by Gasteiger charge is -2.34. The fourth-order valence-electron chi connectivity index (χ4n) is 3.95. The van der Waals surface area contributed by atoms with Crippen LogP contribution in [0.25, 0.3) is 0 Å². The molecule has 2 heterocycles. The molecule has 1 aromatic heterocycles. The summed E-state index contributed by atoms with van der Waals surface area (Å²) in [4.78, 5) is 30.1. The zero-order valence-corrected chi connectivity index (χ0v) is 21.2. The van der Waals surface area contributed by atoms with Crippen molar-refractivity contribution in [1.82, 2.24) is 19.9 Å². The zero-order valence-electron chi connectivity index (χ0n) is 20.4. The highest BCUT2D eigenvalue weighted by Crippen LogP contribution is 2.29. The molecule has 0 bridgehead atoms. The Bertz CT molecular complexity index is 1020. The first-order valence-corrected chi connectivity index (χ1v) is 12.9. The molecule has 1 aliphatic rings. The predicted molar refractivity (Wildman–Crippen MR) is 131 cm³/mol. The van der Waals surface area contributed by atoms with Gasteiger partial charge in [0.1, 0.15) is 23.5 Å². The fraction of sp³-hybridized carbons (Fsp3) is 0.480. The number of benzene rings is 1. The smallest absolute Gasteiger partial charge is 0.242 e. The van der Waals surface area contributed by atoms with E-state index in [9.17, 15) is 22.8 Å². The van der Waals surface area contributed by atoms with Gasteiger partial charge in [0.2, 0.25) is 17.7 Å². The quantitative estimate of drug-likeness (QED) is 0.431. The van der Waals surface area contributed by atoms with Crippen LogP contribution in [0.1, 0.15) is 50.2 Å². The van der Waals surface area contributed by atoms with Gasteiger partial charge in [-0.15, -0.1) is 0 Å². The number of halogens is 3. The summed E-state index contributed by atoms with van der Waals surface area (Å²) in [6, 6.07) is 3.53. The molecule has 2 unspecified atom stereocenters. The number of rotatable bonds is 11. The number of hydrogen-bond acceptors (Lipinski definition) is 6. The number of hydrogen-bond donors (Lipinski definition) is 2. The number of nitrogens with one attached hydrogen (secondary N) is 2. The minimum absolute atomic E-state index is 0.0729. The number of methoxy groups -OCH3 is 1. The Kier molecular flexibility index (Phi) is 10.4. The molecule has 3 rings (SSSR count). The van der Waals surface area contributed by atoms with E-state index in [1.165, 1.54) is 7.11 Å². The van der Waals surface area contributed by atoms with E-state index in [0.717, 1.165) is 30.4 Å². The molecule has 0 saturated carbocycles. The number of pyridine rings is 1. The summed E-state index contributed by atoms with van der Waals surface area (Å²) in [5.74, 6) is -3.09. The van der Waals surface area contributed by atoms with Crippen LogP contribution < -0.4 is 15.4 Å². The van der Waals surface area contributed by atoms with Gasteiger partial charge >= 0.3 is 0 Å². The number of piperidine rings is 1. The molecule has 1 aromatic carbocycles. The summed E-state index contributed by atoms with van der Waals surface area (Å²) in [6.45, 7) is 2.74. The van der Waals surface area contributed by atoms with Crippen molar-refractivity contribution in [2.24, 2.45) is 0 Å². The number of nitrogens with zero attached hydrogens (tertiary/aromatic N) is 2. The van der Waals surface area contributed by atoms with Crippen molar-refractivity contribution in [2.45, 2.75) is 63.4 Å². The molecule has 1 aliphatic heterocycles. The van der Waals surface area contributed by atoms with Crippen molar-refractivity contribution in [1.29, 1.82) is 0 Å². The Morgan fingerprint density at radius 3 is 2.61 bits per heavy atom. The summed E-state index contributed by atoms with van der Waals surface area (Å²) in [5, 5.41) is 5.70. The average Bonchev–Trinajstić information content (AvgIpc) is 2.86. The number of amides is 2. The lowest BCUT2D eigenvalue weighted by Crippen LogP contribution is -2.53. The Balaban J connectivity index is 1.60. The molecule has 2 aromatic rings. The fourth-order valence-corrected chi connectivity index (χ4v) is 5.16. The number of aromatic nitrogens is 1. The SMILES string of the molecule is CCCC(NC(=O)C1CCCCN1SCc1c(F)cc(F)cc1F)C(=O)NCc1ccc(OC)nc1. The first kappa shape index (κ1) is 27.8. The van der Waals surface area contributed by atoms with Gasteiger partial charge in [-0.1, -0.05) is 37.8 Å². The maximum absolute atomic E-state index is 14.1. The van der Waals surface area contributed by atoms with Crippen LogP contribution in [-0.4, -0.2) is 46.8 Å². The van der Waals surface area contributed by atoms with Gasteiger partial charge in [0.05, 0.1) is 13.2 Å². The van der Waals surface area contributed by atoms with Gasteiger partial charge < -0.3 is 15.4 Å². The summed E-state index contributed by atoms with van der Waals surface area (Å²) < 4.78 is 48.1. The van der Waals surface area contributed by atoms with Gasteiger partial charge in [-0.3, -0.25) is 9.59 Å². The van der Waals surface area contributed by atoms with Crippen molar-refractivity contribution in [3.05, 3.63) is 59.0 Å². The summed E-state index contributed by atoms with van der Waals surface area (Å²) in [7, 11) is 1.52. The highest BCUT2D eigenvalue weighted by atomic mass is 32.2. The third-order valence-electron chi connectivity index (χ3n) is 5.92. The second kappa shape index (κ2) is 13.5. The van der Waals surface area contributed by atoms with E-state index >= 15 is 0 Å². The predicted octanol–water partition coefficient (Wildman–Crippen LogP) is 4.11. The van der Waals surface area contributed by atoms with Crippen LogP contribution >= 0.6 is 11.9 Å². The Hall–Kier alpha value is -2.79. The third-order valence-corrected chi connectivity index (χ3v) is 7.11. The molecule has 0 spiro atoms. The average molecular weight is 525 g/mol. The van der Waals surface area contributed by atoms with Crippen LogP contribution in [0, 0.1) is 17.5 Å². The molecule has 2 N–H and O–H groups in total. The maximum Gasteiger partial charge on any atom is 0.242 e. The first-order chi connectivity index (χ1) is 17.3. The maximum atomic E-state index is 14.1. The molecule has 2 atom stereocenters. The molecule has 1 fully saturated rings. The lowest BCUT2D eigenvalue weighted by molar-refractivity contribution is -0.131. The van der Waals surface area contributed by atoms with Crippen molar-refractivity contribution in [3.8, 4) is 5.88 Å². The Morgan fingerprint density at radius 1 is 1.22 bits per heavy atom. The summed E-state index contributed by atoms with van der Waals surface area (Å²) in [5.41, 5.74) is 0.559. The topological polar surface area (TPSA) is 83.6 Å².